The van der Waals surface area contributed by atoms with Crippen molar-refractivity contribution in [3.8, 4) is 22.4 Å². The summed E-state index contributed by atoms with van der Waals surface area (Å²) in [6.07, 6.45) is 9.96. The highest BCUT2D eigenvalue weighted by molar-refractivity contribution is 7.90. The van der Waals surface area contributed by atoms with Crippen LogP contribution in [0.5, 0.6) is 0 Å². The molecule has 0 saturated carbocycles. The predicted molar refractivity (Wildman–Crippen MR) is 146 cm³/mol. The lowest BCUT2D eigenvalue weighted by atomic mass is 10.1. The minimum absolute atomic E-state index is 0.127. The molecule has 0 amide bonds. The molecule has 0 aliphatic carbocycles. The van der Waals surface area contributed by atoms with Gasteiger partial charge in [-0.3, -0.25) is 4.68 Å². The first-order valence-electron chi connectivity index (χ1n) is 12.7. The van der Waals surface area contributed by atoms with E-state index in [9.17, 15) is 12.8 Å². The van der Waals surface area contributed by atoms with E-state index in [2.05, 4.69) is 26.9 Å². The lowest BCUT2D eigenvalue weighted by Gasteiger charge is -2.31. The SMILES string of the molecule is CCN1CCC(n2cc(-c3cn(S(=O)(=O)c4ccccc4)c4ncc(-c5cnc(N)c(F)c5)nc34)cn2)CC1. The summed E-state index contributed by atoms with van der Waals surface area (Å²) < 4.78 is 44.5. The summed E-state index contributed by atoms with van der Waals surface area (Å²) in [6.45, 7) is 5.20. The summed E-state index contributed by atoms with van der Waals surface area (Å²) in [4.78, 5) is 15.6. The summed E-state index contributed by atoms with van der Waals surface area (Å²) in [5, 5.41) is 4.62. The molecule has 5 heterocycles. The molecule has 0 unspecified atom stereocenters. The van der Waals surface area contributed by atoms with Crippen LogP contribution in [-0.2, 0) is 10.0 Å². The Morgan fingerprint density at radius 3 is 2.51 bits per heavy atom. The average molecular weight is 547 g/mol. The van der Waals surface area contributed by atoms with Crippen LogP contribution < -0.4 is 5.73 Å². The van der Waals surface area contributed by atoms with E-state index in [0.717, 1.165) is 36.4 Å². The van der Waals surface area contributed by atoms with Crippen molar-refractivity contribution in [3.05, 3.63) is 73.2 Å². The van der Waals surface area contributed by atoms with Crippen LogP contribution in [0, 0.1) is 5.82 Å². The zero-order valence-electron chi connectivity index (χ0n) is 21.3. The molecule has 12 heteroatoms. The molecule has 0 radical (unpaired) electrons. The second kappa shape index (κ2) is 9.86. The number of nitrogens with zero attached hydrogens (tertiary/aromatic N) is 7. The number of likely N-dealkylation sites (tertiary alicyclic amines) is 1. The van der Waals surface area contributed by atoms with Crippen LogP contribution >= 0.6 is 0 Å². The number of pyridine rings is 1. The van der Waals surface area contributed by atoms with E-state index >= 15 is 0 Å². The first-order chi connectivity index (χ1) is 18.8. The van der Waals surface area contributed by atoms with Crippen molar-refractivity contribution in [1.29, 1.82) is 0 Å². The molecule has 10 nitrogen and oxygen atoms in total. The first-order valence-corrected chi connectivity index (χ1v) is 14.2. The predicted octanol–water partition coefficient (Wildman–Crippen LogP) is 3.97. The Morgan fingerprint density at radius 2 is 1.79 bits per heavy atom. The Morgan fingerprint density at radius 1 is 1.03 bits per heavy atom. The number of rotatable bonds is 6. The molecule has 1 saturated heterocycles. The molecule has 0 bridgehead atoms. The normalized spacial score (nSPS) is 15.2. The number of hydrogen-bond donors (Lipinski definition) is 1. The van der Waals surface area contributed by atoms with Gasteiger partial charge in [-0.05, 0) is 37.6 Å². The number of nitrogens with two attached hydrogens (primary N) is 1. The van der Waals surface area contributed by atoms with Gasteiger partial charge < -0.3 is 10.6 Å². The van der Waals surface area contributed by atoms with E-state index in [1.54, 1.807) is 24.4 Å². The van der Waals surface area contributed by atoms with Crippen LogP contribution in [0.2, 0.25) is 0 Å². The lowest BCUT2D eigenvalue weighted by molar-refractivity contribution is 0.187. The molecule has 6 rings (SSSR count). The first kappa shape index (κ1) is 25.1. The van der Waals surface area contributed by atoms with Gasteiger partial charge in [0, 0.05) is 48.4 Å². The molecule has 2 N–H and O–H groups in total. The van der Waals surface area contributed by atoms with Gasteiger partial charge in [-0.25, -0.2) is 31.7 Å². The van der Waals surface area contributed by atoms with Gasteiger partial charge in [0.25, 0.3) is 10.0 Å². The number of halogens is 1. The maximum absolute atomic E-state index is 14.2. The van der Waals surface area contributed by atoms with Crippen molar-refractivity contribution in [2.75, 3.05) is 25.4 Å². The molecular weight excluding hydrogens is 519 g/mol. The van der Waals surface area contributed by atoms with Gasteiger partial charge in [0.1, 0.15) is 5.52 Å². The fourth-order valence-corrected chi connectivity index (χ4v) is 6.30. The Kier molecular flexibility index (Phi) is 6.35. The van der Waals surface area contributed by atoms with E-state index in [1.165, 1.54) is 36.8 Å². The van der Waals surface area contributed by atoms with Crippen molar-refractivity contribution in [2.24, 2.45) is 0 Å². The van der Waals surface area contributed by atoms with E-state index in [0.29, 0.717) is 27.9 Å². The number of piperidine rings is 1. The highest BCUT2D eigenvalue weighted by Gasteiger charge is 2.26. The molecular formula is C27H27FN8O2S. The number of aromatic nitrogens is 6. The summed E-state index contributed by atoms with van der Waals surface area (Å²) in [6, 6.07) is 9.64. The van der Waals surface area contributed by atoms with Crippen LogP contribution in [0.15, 0.2) is 72.3 Å². The van der Waals surface area contributed by atoms with Crippen molar-refractivity contribution in [3.63, 3.8) is 0 Å². The molecule has 5 aromatic rings. The number of benzene rings is 1. The smallest absolute Gasteiger partial charge is 0.269 e. The van der Waals surface area contributed by atoms with Crippen LogP contribution in [0.3, 0.4) is 0 Å². The highest BCUT2D eigenvalue weighted by Crippen LogP contribution is 2.34. The zero-order chi connectivity index (χ0) is 27.1. The third-order valence-corrected chi connectivity index (χ3v) is 8.88. The third-order valence-electron chi connectivity index (χ3n) is 7.22. The average Bonchev–Trinajstić information content (AvgIpc) is 3.60. The summed E-state index contributed by atoms with van der Waals surface area (Å²) >= 11 is 0. The van der Waals surface area contributed by atoms with Crippen molar-refractivity contribution < 1.29 is 12.8 Å². The minimum Gasteiger partial charge on any atom is -0.381 e. The lowest BCUT2D eigenvalue weighted by Crippen LogP contribution is -2.34. The number of anilines is 1. The fourth-order valence-electron chi connectivity index (χ4n) is 4.97. The molecule has 1 aliphatic rings. The Labute approximate surface area is 225 Å². The van der Waals surface area contributed by atoms with Crippen molar-refractivity contribution >= 4 is 27.0 Å². The third kappa shape index (κ3) is 4.55. The highest BCUT2D eigenvalue weighted by atomic mass is 32.2. The van der Waals surface area contributed by atoms with Gasteiger partial charge in [0.05, 0.1) is 29.0 Å². The topological polar surface area (TPSA) is 125 Å². The van der Waals surface area contributed by atoms with Gasteiger partial charge in [0.15, 0.2) is 17.3 Å². The van der Waals surface area contributed by atoms with Crippen LogP contribution in [0.4, 0.5) is 10.2 Å². The van der Waals surface area contributed by atoms with Crippen LogP contribution in [0.1, 0.15) is 25.8 Å². The second-order valence-corrected chi connectivity index (χ2v) is 11.4. The van der Waals surface area contributed by atoms with Gasteiger partial charge in [-0.15, -0.1) is 0 Å². The molecule has 1 aliphatic heterocycles. The molecule has 1 aromatic carbocycles. The second-order valence-electron chi connectivity index (χ2n) is 9.55. The monoisotopic (exact) mass is 546 g/mol. The molecule has 1 fully saturated rings. The number of fused-ring (bicyclic) bond motifs is 1. The number of nitrogen functional groups attached to an aromatic ring is 1. The minimum atomic E-state index is -3.97. The standard InChI is InChI=1S/C27H27FN8O2S/c1-2-34-10-8-20(9-11-34)35-16-19(14-32-35)22-17-36(39(37,38)21-6-4-3-5-7-21)27-25(22)33-24(15-31-27)18-12-23(28)26(29)30-13-18/h3-7,12-17,20H,2,8-11H2,1H3,(H2,29,30). The Hall–Kier alpha value is -4.16. The van der Waals surface area contributed by atoms with Crippen molar-refractivity contribution in [1.82, 2.24) is 33.6 Å². The Bertz CT molecular complexity index is 1760. The number of hydrogen-bond acceptors (Lipinski definition) is 8. The molecule has 4 aromatic heterocycles. The van der Waals surface area contributed by atoms with Gasteiger partial charge in [0.2, 0.25) is 0 Å². The van der Waals surface area contributed by atoms with Gasteiger partial charge in [-0.1, -0.05) is 25.1 Å². The summed E-state index contributed by atoms with van der Waals surface area (Å²) in [7, 11) is -3.97. The van der Waals surface area contributed by atoms with Crippen molar-refractivity contribution in [2.45, 2.75) is 30.7 Å². The van der Waals surface area contributed by atoms with E-state index in [-0.39, 0.29) is 22.4 Å². The van der Waals surface area contributed by atoms with Crippen LogP contribution in [0.25, 0.3) is 33.5 Å². The Balaban J connectivity index is 1.48. The van der Waals surface area contributed by atoms with Gasteiger partial charge >= 0.3 is 0 Å². The molecule has 0 atom stereocenters. The zero-order valence-corrected chi connectivity index (χ0v) is 22.1. The molecule has 0 spiro atoms. The maximum atomic E-state index is 14.2. The van der Waals surface area contributed by atoms with E-state index < -0.39 is 15.8 Å². The summed E-state index contributed by atoms with van der Waals surface area (Å²) in [5.74, 6) is -0.889. The maximum Gasteiger partial charge on any atom is 0.269 e. The van der Waals surface area contributed by atoms with Crippen LogP contribution in [-0.4, -0.2) is 61.7 Å². The molecule has 200 valence electrons. The van der Waals surface area contributed by atoms with Gasteiger partial charge in [-0.2, -0.15) is 5.10 Å². The van der Waals surface area contributed by atoms with E-state index in [4.69, 9.17) is 10.7 Å². The summed E-state index contributed by atoms with van der Waals surface area (Å²) in [5.41, 5.74) is 8.03. The molecule has 39 heavy (non-hydrogen) atoms. The fraction of sp³-hybridized carbons (Fsp3) is 0.259. The largest absolute Gasteiger partial charge is 0.381 e. The quantitative estimate of drug-likeness (QED) is 0.339. The van der Waals surface area contributed by atoms with E-state index in [1.807, 2.05) is 10.9 Å².